The molecule has 1 aliphatic heterocycles. The molecule has 0 bridgehead atoms. The first-order valence-electron chi connectivity index (χ1n) is 5.84. The number of piperidine rings is 1. The van der Waals surface area contributed by atoms with Gasteiger partial charge in [-0.25, -0.2) is 4.79 Å². The monoisotopic (exact) mass is 246 g/mol. The van der Waals surface area contributed by atoms with Gasteiger partial charge in [0.1, 0.15) is 12.1 Å². The van der Waals surface area contributed by atoms with E-state index in [1.165, 1.54) is 13.3 Å². The Morgan fingerprint density at radius 1 is 1.61 bits per heavy atom. The summed E-state index contributed by atoms with van der Waals surface area (Å²) < 4.78 is 4.80. The molecule has 1 saturated heterocycles. The van der Waals surface area contributed by atoms with Crippen LogP contribution < -0.4 is 4.90 Å². The number of rotatable bonds is 2. The van der Waals surface area contributed by atoms with Crippen molar-refractivity contribution in [3.8, 4) is 6.07 Å². The smallest absolute Gasteiger partial charge is 0.328 e. The second-order valence-electron chi connectivity index (χ2n) is 4.11. The highest BCUT2D eigenvalue weighted by atomic mass is 16.5. The second kappa shape index (κ2) is 5.45. The zero-order valence-corrected chi connectivity index (χ0v) is 10.2. The lowest BCUT2D eigenvalue weighted by molar-refractivity contribution is -0.142. The molecule has 0 aromatic carbocycles. The minimum atomic E-state index is -0.368. The van der Waals surface area contributed by atoms with Gasteiger partial charge in [-0.3, -0.25) is 0 Å². The van der Waals surface area contributed by atoms with Crippen LogP contribution in [0.4, 0.5) is 5.82 Å². The van der Waals surface area contributed by atoms with Crippen molar-refractivity contribution in [1.82, 2.24) is 10.2 Å². The molecule has 1 unspecified atom stereocenters. The van der Waals surface area contributed by atoms with E-state index >= 15 is 0 Å². The maximum absolute atomic E-state index is 11.8. The molecule has 0 spiro atoms. The van der Waals surface area contributed by atoms with E-state index < -0.39 is 0 Å². The normalized spacial score (nSPS) is 19.1. The molecule has 1 aromatic heterocycles. The van der Waals surface area contributed by atoms with Crippen LogP contribution >= 0.6 is 0 Å². The summed E-state index contributed by atoms with van der Waals surface area (Å²) in [5.74, 6) is 0.180. The SMILES string of the molecule is COC(=O)C1CCCCN1c1nnccc1C#N. The molecule has 94 valence electrons. The van der Waals surface area contributed by atoms with Gasteiger partial charge in [0.15, 0.2) is 5.82 Å². The van der Waals surface area contributed by atoms with Crippen molar-refractivity contribution < 1.29 is 9.53 Å². The molecule has 1 fully saturated rings. The highest BCUT2D eigenvalue weighted by Crippen LogP contribution is 2.25. The van der Waals surface area contributed by atoms with Crippen LogP contribution in [0.15, 0.2) is 12.3 Å². The number of hydrogen-bond donors (Lipinski definition) is 0. The molecule has 0 aliphatic carbocycles. The van der Waals surface area contributed by atoms with Crippen molar-refractivity contribution >= 4 is 11.8 Å². The lowest BCUT2D eigenvalue weighted by atomic mass is 10.0. The van der Waals surface area contributed by atoms with Crippen LogP contribution in [0.1, 0.15) is 24.8 Å². The maximum atomic E-state index is 11.8. The van der Waals surface area contributed by atoms with Gasteiger partial charge in [0.05, 0.1) is 18.9 Å². The van der Waals surface area contributed by atoms with Gasteiger partial charge in [0, 0.05) is 6.54 Å². The summed E-state index contributed by atoms with van der Waals surface area (Å²) in [5.41, 5.74) is 0.431. The largest absolute Gasteiger partial charge is 0.467 e. The topological polar surface area (TPSA) is 79.1 Å². The number of nitrogens with zero attached hydrogens (tertiary/aromatic N) is 4. The molecule has 0 N–H and O–H groups in total. The third-order valence-corrected chi connectivity index (χ3v) is 3.07. The summed E-state index contributed by atoms with van der Waals surface area (Å²) in [7, 11) is 1.37. The van der Waals surface area contributed by atoms with Crippen molar-refractivity contribution in [3.05, 3.63) is 17.8 Å². The van der Waals surface area contributed by atoms with E-state index in [4.69, 9.17) is 10.00 Å². The molecule has 6 heteroatoms. The first kappa shape index (κ1) is 12.3. The molecular weight excluding hydrogens is 232 g/mol. The number of aromatic nitrogens is 2. The van der Waals surface area contributed by atoms with E-state index in [0.717, 1.165) is 12.8 Å². The van der Waals surface area contributed by atoms with Crippen LogP contribution in [0.2, 0.25) is 0 Å². The van der Waals surface area contributed by atoms with Gasteiger partial charge in [-0.15, -0.1) is 5.10 Å². The number of nitriles is 1. The van der Waals surface area contributed by atoms with Crippen molar-refractivity contribution in [2.24, 2.45) is 0 Å². The number of hydrogen-bond acceptors (Lipinski definition) is 6. The molecule has 18 heavy (non-hydrogen) atoms. The average molecular weight is 246 g/mol. The Bertz CT molecular complexity index is 483. The van der Waals surface area contributed by atoms with E-state index in [1.807, 2.05) is 4.90 Å². The van der Waals surface area contributed by atoms with Crippen molar-refractivity contribution in [3.63, 3.8) is 0 Å². The van der Waals surface area contributed by atoms with Gasteiger partial charge < -0.3 is 9.64 Å². The maximum Gasteiger partial charge on any atom is 0.328 e. The van der Waals surface area contributed by atoms with Crippen LogP contribution in [-0.2, 0) is 9.53 Å². The van der Waals surface area contributed by atoms with Crippen molar-refractivity contribution in [2.75, 3.05) is 18.6 Å². The Morgan fingerprint density at radius 2 is 2.44 bits per heavy atom. The molecule has 2 heterocycles. The first-order chi connectivity index (χ1) is 8.77. The van der Waals surface area contributed by atoms with E-state index in [2.05, 4.69) is 16.3 Å². The lowest BCUT2D eigenvalue weighted by Crippen LogP contribution is -2.46. The summed E-state index contributed by atoms with van der Waals surface area (Å²) in [6.45, 7) is 0.688. The van der Waals surface area contributed by atoms with E-state index in [0.29, 0.717) is 24.3 Å². The summed E-state index contributed by atoms with van der Waals surface area (Å²) in [6, 6.07) is 3.31. The number of carbonyl (C=O) groups excluding carboxylic acids is 1. The van der Waals surface area contributed by atoms with Gasteiger partial charge in [0.25, 0.3) is 0 Å². The third-order valence-electron chi connectivity index (χ3n) is 3.07. The minimum Gasteiger partial charge on any atom is -0.467 e. The molecule has 1 aromatic rings. The minimum absolute atomic E-state index is 0.288. The fourth-order valence-corrected chi connectivity index (χ4v) is 2.19. The molecular formula is C12H14N4O2. The molecule has 0 saturated carbocycles. The number of ether oxygens (including phenoxy) is 1. The van der Waals surface area contributed by atoms with Gasteiger partial charge in [0.2, 0.25) is 0 Å². The summed E-state index contributed by atoms with van der Waals surface area (Å²) in [5, 5.41) is 16.8. The highest BCUT2D eigenvalue weighted by Gasteiger charge is 2.31. The van der Waals surface area contributed by atoms with Crippen LogP contribution in [-0.4, -0.2) is 35.9 Å². The van der Waals surface area contributed by atoms with Crippen LogP contribution in [0.25, 0.3) is 0 Å². The zero-order valence-electron chi connectivity index (χ0n) is 10.2. The Balaban J connectivity index is 2.34. The fraction of sp³-hybridized carbons (Fsp3) is 0.500. The van der Waals surface area contributed by atoms with E-state index in [-0.39, 0.29) is 12.0 Å². The van der Waals surface area contributed by atoms with Gasteiger partial charge in [-0.1, -0.05) is 0 Å². The van der Waals surface area contributed by atoms with Gasteiger partial charge >= 0.3 is 5.97 Å². The first-order valence-corrected chi connectivity index (χ1v) is 5.84. The molecule has 1 aliphatic rings. The predicted molar refractivity (Wildman–Crippen MR) is 63.7 cm³/mol. The Labute approximate surface area is 105 Å². The van der Waals surface area contributed by atoms with Gasteiger partial charge in [-0.05, 0) is 25.3 Å². The number of esters is 1. The summed E-state index contributed by atoms with van der Waals surface area (Å²) >= 11 is 0. The molecule has 0 radical (unpaired) electrons. The quantitative estimate of drug-likeness (QED) is 0.721. The van der Waals surface area contributed by atoms with Crippen molar-refractivity contribution in [2.45, 2.75) is 25.3 Å². The van der Waals surface area contributed by atoms with Crippen LogP contribution in [0.5, 0.6) is 0 Å². The molecule has 1 atom stereocenters. The molecule has 6 nitrogen and oxygen atoms in total. The predicted octanol–water partition coefficient (Wildman–Crippen LogP) is 0.880. The second-order valence-corrected chi connectivity index (χ2v) is 4.11. The zero-order chi connectivity index (χ0) is 13.0. The van der Waals surface area contributed by atoms with Crippen molar-refractivity contribution in [1.29, 1.82) is 5.26 Å². The highest BCUT2D eigenvalue weighted by molar-refractivity contribution is 5.80. The molecule has 2 rings (SSSR count). The number of carbonyl (C=O) groups is 1. The van der Waals surface area contributed by atoms with Crippen LogP contribution in [0.3, 0.4) is 0 Å². The Hall–Kier alpha value is -2.16. The number of methoxy groups -OCH3 is 1. The van der Waals surface area contributed by atoms with E-state index in [1.54, 1.807) is 6.07 Å². The van der Waals surface area contributed by atoms with Gasteiger partial charge in [-0.2, -0.15) is 10.4 Å². The third kappa shape index (κ3) is 2.25. The number of anilines is 1. The summed E-state index contributed by atoms with van der Waals surface area (Å²) in [4.78, 5) is 13.6. The van der Waals surface area contributed by atoms with E-state index in [9.17, 15) is 4.79 Å². The lowest BCUT2D eigenvalue weighted by Gasteiger charge is -2.34. The standard InChI is InChI=1S/C12H14N4O2/c1-18-12(17)10-4-2-3-7-16(10)11-9(8-13)5-6-14-15-11/h5-6,10H,2-4,7H2,1H3. The summed E-state index contributed by atoms with van der Waals surface area (Å²) in [6.07, 6.45) is 4.13. The molecule has 0 amide bonds. The Morgan fingerprint density at radius 3 is 3.17 bits per heavy atom. The fourth-order valence-electron chi connectivity index (χ4n) is 2.19. The average Bonchev–Trinajstić information content (AvgIpc) is 2.46. The Kier molecular flexibility index (Phi) is 3.72. The van der Waals surface area contributed by atoms with Crippen LogP contribution in [0, 0.1) is 11.3 Å².